The number of nitrogens with zero attached hydrogens (tertiary/aromatic N) is 1. The number of ketones is 1. The molecular formula is C24H32FN3O6S. The lowest BCUT2D eigenvalue weighted by molar-refractivity contribution is -0.138. The third kappa shape index (κ3) is 7.12. The van der Waals surface area contributed by atoms with Crippen LogP contribution in [0.1, 0.15) is 41.5 Å². The summed E-state index contributed by atoms with van der Waals surface area (Å²) in [5.41, 5.74) is 0.887. The molecule has 3 amide bonds. The number of carbonyl (C=O) groups is 4. The molecule has 1 aromatic heterocycles. The number of thioether (sulfide) groups is 1. The van der Waals surface area contributed by atoms with Gasteiger partial charge in [0, 0.05) is 31.7 Å². The second kappa shape index (κ2) is 12.3. The topological polar surface area (TPSA) is 118 Å². The van der Waals surface area contributed by atoms with Crippen LogP contribution in [0.15, 0.2) is 28.9 Å². The molecule has 5 rings (SSSR count). The van der Waals surface area contributed by atoms with Gasteiger partial charge in [-0.05, 0) is 32.4 Å². The highest BCUT2D eigenvalue weighted by molar-refractivity contribution is 8.14. The predicted octanol–water partition coefficient (Wildman–Crippen LogP) is 3.65. The van der Waals surface area contributed by atoms with Crippen LogP contribution in [0.5, 0.6) is 0 Å². The van der Waals surface area contributed by atoms with Crippen LogP contribution in [-0.4, -0.2) is 59.9 Å². The number of hydrogen-bond donors (Lipinski definition) is 2. The first kappa shape index (κ1) is 26.8. The lowest BCUT2D eigenvalue weighted by atomic mass is 10.1. The van der Waals surface area contributed by atoms with E-state index in [1.165, 1.54) is 24.1 Å². The first-order valence-electron chi connectivity index (χ1n) is 11.5. The second-order valence-corrected chi connectivity index (χ2v) is 9.50. The minimum absolute atomic E-state index is 0. The summed E-state index contributed by atoms with van der Waals surface area (Å²) in [6.45, 7) is 8.22. The smallest absolute Gasteiger partial charge is 0.286 e. The maximum atomic E-state index is 13.6. The standard InChI is InChI=1S/C13H12FNO2S.C6H13NO.C5H5NO3.H2/c1-2-8-7-18-13(16)15(8)11-6-17-12-9(11)4-3-5-10(12)14;1-5-3-7-4-6(2)8-5;7-3-1-4(8)6-5(9)2-3;/h3-6,8H,2,7H2,1H3;5-7H,3-4H2,1-2H3;1-2H2,(H,6,8,9);1H/t8-;5-,6+;;/m1.../s1. The average Bonchev–Trinajstić information content (AvgIpc) is 3.37. The zero-order valence-corrected chi connectivity index (χ0v) is 20.8. The minimum atomic E-state index is -0.490. The van der Waals surface area contributed by atoms with Crippen molar-refractivity contribution in [1.29, 1.82) is 0 Å². The van der Waals surface area contributed by atoms with Gasteiger partial charge in [-0.1, -0.05) is 24.8 Å². The van der Waals surface area contributed by atoms with Crippen LogP contribution in [-0.2, 0) is 19.1 Å². The van der Waals surface area contributed by atoms with Crippen LogP contribution >= 0.6 is 11.8 Å². The quantitative estimate of drug-likeness (QED) is 0.465. The lowest BCUT2D eigenvalue weighted by Crippen LogP contribution is -2.41. The summed E-state index contributed by atoms with van der Waals surface area (Å²) >= 11 is 1.30. The third-order valence-corrected chi connectivity index (χ3v) is 6.54. The maximum Gasteiger partial charge on any atom is 0.286 e. The van der Waals surface area contributed by atoms with E-state index < -0.39 is 17.6 Å². The summed E-state index contributed by atoms with van der Waals surface area (Å²) in [4.78, 5) is 44.7. The summed E-state index contributed by atoms with van der Waals surface area (Å²) in [5.74, 6) is -0.903. The van der Waals surface area contributed by atoms with Gasteiger partial charge in [0.05, 0.1) is 30.7 Å². The molecule has 0 radical (unpaired) electrons. The molecule has 1 aromatic carbocycles. The molecule has 3 saturated heterocycles. The van der Waals surface area contributed by atoms with Gasteiger partial charge in [-0.3, -0.25) is 29.4 Å². The molecule has 0 spiro atoms. The van der Waals surface area contributed by atoms with Crippen LogP contribution in [0.25, 0.3) is 11.0 Å². The number of imide groups is 1. The average molecular weight is 510 g/mol. The fraction of sp³-hybridized carbons (Fsp3) is 0.500. The van der Waals surface area contributed by atoms with E-state index in [0.29, 0.717) is 23.3 Å². The van der Waals surface area contributed by atoms with Crippen molar-refractivity contribution in [2.75, 3.05) is 23.7 Å². The van der Waals surface area contributed by atoms with Crippen molar-refractivity contribution in [2.24, 2.45) is 0 Å². The monoisotopic (exact) mass is 509 g/mol. The van der Waals surface area contributed by atoms with E-state index in [1.807, 2.05) is 12.2 Å². The predicted molar refractivity (Wildman–Crippen MR) is 133 cm³/mol. The van der Waals surface area contributed by atoms with Gasteiger partial charge in [0.25, 0.3) is 5.24 Å². The van der Waals surface area contributed by atoms with E-state index in [0.717, 1.165) is 25.3 Å². The molecule has 2 N–H and O–H groups in total. The number of furan rings is 1. The van der Waals surface area contributed by atoms with E-state index in [1.54, 1.807) is 17.0 Å². The first-order chi connectivity index (χ1) is 16.7. The van der Waals surface area contributed by atoms with E-state index in [2.05, 4.69) is 19.2 Å². The minimum Gasteiger partial charge on any atom is -0.459 e. The Morgan fingerprint density at radius 3 is 2.31 bits per heavy atom. The number of Topliss-reactive ketones (excluding diaryl/α,β-unsaturated/α-hetero) is 1. The summed E-state index contributed by atoms with van der Waals surface area (Å²) < 4.78 is 24.2. The molecule has 3 fully saturated rings. The zero-order chi connectivity index (χ0) is 25.5. The summed E-state index contributed by atoms with van der Waals surface area (Å²) in [5, 5.41) is 5.94. The molecule has 9 nitrogen and oxygen atoms in total. The highest BCUT2D eigenvalue weighted by Gasteiger charge is 2.34. The van der Waals surface area contributed by atoms with Crippen molar-refractivity contribution >= 4 is 51.3 Å². The van der Waals surface area contributed by atoms with E-state index in [4.69, 9.17) is 9.15 Å². The van der Waals surface area contributed by atoms with Gasteiger partial charge in [-0.2, -0.15) is 0 Å². The highest BCUT2D eigenvalue weighted by Crippen LogP contribution is 2.37. The molecular weight excluding hydrogens is 477 g/mol. The Kier molecular flexibility index (Phi) is 9.41. The molecule has 0 aliphatic carbocycles. The van der Waals surface area contributed by atoms with Crippen molar-refractivity contribution in [3.63, 3.8) is 0 Å². The molecule has 35 heavy (non-hydrogen) atoms. The van der Waals surface area contributed by atoms with E-state index in [-0.39, 0.29) is 36.9 Å². The number of benzene rings is 1. The number of fused-ring (bicyclic) bond motifs is 1. The Labute approximate surface area is 208 Å². The Balaban J connectivity index is 0.000000213. The number of carbonyl (C=O) groups excluding carboxylic acids is 4. The van der Waals surface area contributed by atoms with Gasteiger partial charge in [0.1, 0.15) is 6.26 Å². The Morgan fingerprint density at radius 1 is 1.11 bits per heavy atom. The van der Waals surface area contributed by atoms with Crippen molar-refractivity contribution in [3.8, 4) is 0 Å². The van der Waals surface area contributed by atoms with Gasteiger partial charge < -0.3 is 14.5 Å². The van der Waals surface area contributed by atoms with Gasteiger partial charge in [-0.15, -0.1) is 0 Å². The molecule has 0 unspecified atom stereocenters. The molecule has 11 heteroatoms. The SMILES string of the molecule is CC[C@@H]1CSC(=O)N1c1coc2c(F)cccc12.C[C@@H]1CNC[C@H](C)O1.O=C1CC(=O)NC(=O)C1.[HH]. The molecule has 2 aromatic rings. The van der Waals surface area contributed by atoms with E-state index in [9.17, 15) is 23.6 Å². The molecule has 3 atom stereocenters. The number of anilines is 1. The van der Waals surface area contributed by atoms with Crippen LogP contribution in [0.4, 0.5) is 14.9 Å². The molecule has 192 valence electrons. The summed E-state index contributed by atoms with van der Waals surface area (Å²) in [6.07, 6.45) is 2.86. The van der Waals surface area contributed by atoms with Gasteiger partial charge in [0.15, 0.2) is 17.2 Å². The number of ether oxygens (including phenoxy) is 1. The number of amides is 3. The molecule has 4 heterocycles. The van der Waals surface area contributed by atoms with Crippen LogP contribution < -0.4 is 15.5 Å². The normalized spacial score (nSPS) is 24.5. The van der Waals surface area contributed by atoms with Gasteiger partial charge >= 0.3 is 0 Å². The van der Waals surface area contributed by atoms with Crippen LogP contribution in [0.2, 0.25) is 0 Å². The molecule has 0 saturated carbocycles. The van der Waals surface area contributed by atoms with Crippen LogP contribution in [0.3, 0.4) is 0 Å². The summed E-state index contributed by atoms with van der Waals surface area (Å²) in [6, 6.07) is 4.92. The van der Waals surface area contributed by atoms with Crippen molar-refractivity contribution in [2.45, 2.75) is 58.3 Å². The van der Waals surface area contributed by atoms with Crippen LogP contribution in [0, 0.1) is 5.82 Å². The fourth-order valence-corrected chi connectivity index (χ4v) is 5.00. The number of morpholine rings is 1. The molecule has 3 aliphatic heterocycles. The maximum absolute atomic E-state index is 13.6. The summed E-state index contributed by atoms with van der Waals surface area (Å²) in [7, 11) is 0. The number of para-hydroxylation sites is 1. The molecule has 3 aliphatic rings. The van der Waals surface area contributed by atoms with Gasteiger partial charge in [-0.25, -0.2) is 4.39 Å². The fourth-order valence-electron chi connectivity index (χ4n) is 3.90. The Morgan fingerprint density at radius 2 is 1.77 bits per heavy atom. The largest absolute Gasteiger partial charge is 0.459 e. The highest BCUT2D eigenvalue weighted by atomic mass is 32.2. The number of rotatable bonds is 2. The number of halogens is 1. The van der Waals surface area contributed by atoms with Crippen molar-refractivity contribution < 1.29 is 34.1 Å². The Bertz CT molecular complexity index is 1040. The number of hydrogen-bond acceptors (Lipinski definition) is 8. The first-order valence-corrected chi connectivity index (χ1v) is 12.5. The third-order valence-electron chi connectivity index (χ3n) is 5.55. The van der Waals surface area contributed by atoms with Crippen molar-refractivity contribution in [1.82, 2.24) is 10.6 Å². The number of piperidine rings is 1. The zero-order valence-electron chi connectivity index (χ0n) is 20.0. The number of nitrogens with one attached hydrogen (secondary N) is 2. The lowest BCUT2D eigenvalue weighted by Gasteiger charge is -2.25. The van der Waals surface area contributed by atoms with Gasteiger partial charge in [0.2, 0.25) is 11.8 Å². The second-order valence-electron chi connectivity index (χ2n) is 8.53. The van der Waals surface area contributed by atoms with Crippen molar-refractivity contribution in [3.05, 3.63) is 30.3 Å². The Hall–Kier alpha value is -2.76. The van der Waals surface area contributed by atoms with E-state index >= 15 is 0 Å². The molecule has 0 bridgehead atoms.